The van der Waals surface area contributed by atoms with E-state index in [1.54, 1.807) is 31.2 Å². The van der Waals surface area contributed by atoms with Crippen molar-refractivity contribution in [3.8, 4) is 0 Å². The Morgan fingerprint density at radius 3 is 2.37 bits per heavy atom. The molecule has 1 saturated heterocycles. The first-order valence-corrected chi connectivity index (χ1v) is 9.60. The van der Waals surface area contributed by atoms with Gasteiger partial charge in [0.1, 0.15) is 18.7 Å². The zero-order valence-electron chi connectivity index (χ0n) is 16.5. The van der Waals surface area contributed by atoms with Crippen molar-refractivity contribution in [2.24, 2.45) is 11.8 Å². The summed E-state index contributed by atoms with van der Waals surface area (Å²) >= 11 is 0. The maximum absolute atomic E-state index is 12.8. The molecule has 1 aromatic rings. The highest BCUT2D eigenvalue weighted by molar-refractivity contribution is 5.98. The average Bonchev–Trinajstić information content (AvgIpc) is 2.97. The molecule has 1 fully saturated rings. The number of hydrogen-bond acceptors (Lipinski definition) is 4. The van der Waals surface area contributed by atoms with Gasteiger partial charge in [-0.1, -0.05) is 39.0 Å². The molecule has 1 unspecified atom stereocenters. The molecular weight excluding hydrogens is 344 g/mol. The van der Waals surface area contributed by atoms with E-state index in [1.807, 2.05) is 6.07 Å². The smallest absolute Gasteiger partial charge is 0.251 e. The number of nitrogens with one attached hydrogen (secondary N) is 2. The molecule has 0 spiro atoms. The number of carbonyl (C=O) groups is 3. The molecule has 0 saturated carbocycles. The molecule has 148 valence electrons. The van der Waals surface area contributed by atoms with Gasteiger partial charge < -0.3 is 15.4 Å². The fourth-order valence-corrected chi connectivity index (χ4v) is 2.98. The molecule has 1 heterocycles. The molecule has 4 atom stereocenters. The number of amides is 2. The number of benzene rings is 1. The van der Waals surface area contributed by atoms with Crippen LogP contribution in [0.1, 0.15) is 50.9 Å². The Morgan fingerprint density at radius 1 is 1.15 bits per heavy atom. The van der Waals surface area contributed by atoms with Crippen LogP contribution in [0.15, 0.2) is 30.3 Å². The quantitative estimate of drug-likeness (QED) is 0.731. The number of carbonyl (C=O) groups excluding carboxylic acids is 3. The van der Waals surface area contributed by atoms with Crippen molar-refractivity contribution in [2.45, 2.75) is 58.7 Å². The third kappa shape index (κ3) is 5.89. The number of hydrogen-bond donors (Lipinski definition) is 2. The van der Waals surface area contributed by atoms with Crippen molar-refractivity contribution in [1.29, 1.82) is 0 Å². The van der Waals surface area contributed by atoms with Gasteiger partial charge in [-0.25, -0.2) is 0 Å². The molecule has 2 rings (SSSR count). The van der Waals surface area contributed by atoms with E-state index in [2.05, 4.69) is 31.4 Å². The first-order valence-electron chi connectivity index (χ1n) is 9.60. The van der Waals surface area contributed by atoms with Gasteiger partial charge in [0.25, 0.3) is 5.91 Å². The van der Waals surface area contributed by atoms with Crippen molar-refractivity contribution in [1.82, 2.24) is 10.6 Å². The van der Waals surface area contributed by atoms with Crippen LogP contribution in [0.25, 0.3) is 0 Å². The van der Waals surface area contributed by atoms with Gasteiger partial charge in [0.2, 0.25) is 5.91 Å². The molecule has 0 radical (unpaired) electrons. The predicted octanol–water partition coefficient (Wildman–Crippen LogP) is 2.33. The fourth-order valence-electron chi connectivity index (χ4n) is 2.98. The summed E-state index contributed by atoms with van der Waals surface area (Å²) < 4.78 is 5.29. The van der Waals surface area contributed by atoms with E-state index in [1.165, 1.54) is 0 Å². The average molecular weight is 374 g/mol. The third-order valence-electron chi connectivity index (χ3n) is 5.31. The van der Waals surface area contributed by atoms with Gasteiger partial charge in [0, 0.05) is 5.56 Å². The lowest BCUT2D eigenvalue weighted by atomic mass is 9.91. The van der Waals surface area contributed by atoms with Crippen LogP contribution in [0.4, 0.5) is 0 Å². The minimum atomic E-state index is -0.695. The largest absolute Gasteiger partial charge is 0.368 e. The zero-order valence-corrected chi connectivity index (χ0v) is 16.5. The van der Waals surface area contributed by atoms with E-state index in [4.69, 9.17) is 4.74 Å². The Morgan fingerprint density at radius 2 is 1.81 bits per heavy atom. The Balaban J connectivity index is 2.07. The zero-order chi connectivity index (χ0) is 20.0. The van der Waals surface area contributed by atoms with Crippen LogP contribution >= 0.6 is 0 Å². The van der Waals surface area contributed by atoms with Crippen molar-refractivity contribution in [3.63, 3.8) is 0 Å². The van der Waals surface area contributed by atoms with Gasteiger partial charge in [-0.2, -0.15) is 0 Å². The monoisotopic (exact) mass is 374 g/mol. The van der Waals surface area contributed by atoms with E-state index in [-0.39, 0.29) is 30.3 Å². The van der Waals surface area contributed by atoms with Crippen LogP contribution in [0.3, 0.4) is 0 Å². The molecule has 2 amide bonds. The second-order valence-corrected chi connectivity index (χ2v) is 7.66. The van der Waals surface area contributed by atoms with E-state index in [0.717, 1.165) is 6.42 Å². The van der Waals surface area contributed by atoms with E-state index in [9.17, 15) is 14.4 Å². The van der Waals surface area contributed by atoms with Gasteiger partial charge in [0.15, 0.2) is 5.78 Å². The molecule has 27 heavy (non-hydrogen) atoms. The normalized spacial score (nSPS) is 21.7. The highest BCUT2D eigenvalue weighted by Gasteiger charge is 2.35. The summed E-state index contributed by atoms with van der Waals surface area (Å²) in [7, 11) is 0. The van der Waals surface area contributed by atoms with E-state index in [0.29, 0.717) is 23.8 Å². The molecule has 1 aliphatic rings. The van der Waals surface area contributed by atoms with Crippen molar-refractivity contribution >= 4 is 17.6 Å². The maximum Gasteiger partial charge on any atom is 0.251 e. The Kier molecular flexibility index (Phi) is 7.54. The second-order valence-electron chi connectivity index (χ2n) is 7.66. The van der Waals surface area contributed by atoms with Crippen LogP contribution in [0.5, 0.6) is 0 Å². The molecule has 1 aliphatic heterocycles. The van der Waals surface area contributed by atoms with Gasteiger partial charge in [-0.05, 0) is 43.7 Å². The van der Waals surface area contributed by atoms with Crippen LogP contribution < -0.4 is 10.6 Å². The summed E-state index contributed by atoms with van der Waals surface area (Å²) in [5.41, 5.74) is 0.501. The topological polar surface area (TPSA) is 84.5 Å². The predicted molar refractivity (Wildman–Crippen MR) is 103 cm³/mol. The summed E-state index contributed by atoms with van der Waals surface area (Å²) in [6.45, 7) is 8.18. The van der Waals surface area contributed by atoms with Crippen molar-refractivity contribution < 1.29 is 19.1 Å². The minimum Gasteiger partial charge on any atom is -0.368 e. The SMILES string of the molecule is CC(C)C(C)CC[C@H](NC(=O)c1ccccc1)C(=O)N[C@@H]1C(=O)CO[C@H]1C. The van der Waals surface area contributed by atoms with Crippen LogP contribution in [-0.2, 0) is 14.3 Å². The number of ketones is 1. The molecule has 0 aromatic heterocycles. The summed E-state index contributed by atoms with van der Waals surface area (Å²) in [6, 6.07) is 7.45. The summed E-state index contributed by atoms with van der Waals surface area (Å²) in [4.78, 5) is 37.2. The Labute approximate surface area is 161 Å². The molecule has 0 bridgehead atoms. The van der Waals surface area contributed by atoms with E-state index < -0.39 is 12.1 Å². The second kappa shape index (κ2) is 9.65. The van der Waals surface area contributed by atoms with Crippen LogP contribution in [-0.4, -0.2) is 42.4 Å². The van der Waals surface area contributed by atoms with E-state index >= 15 is 0 Å². The Hall–Kier alpha value is -2.21. The third-order valence-corrected chi connectivity index (χ3v) is 5.31. The number of Topliss-reactive ketones (excluding diaryl/α,β-unsaturated/α-hetero) is 1. The highest BCUT2D eigenvalue weighted by atomic mass is 16.5. The first-order chi connectivity index (χ1) is 12.8. The van der Waals surface area contributed by atoms with Crippen molar-refractivity contribution in [2.75, 3.05) is 6.61 Å². The first kappa shape index (κ1) is 21.1. The lowest BCUT2D eigenvalue weighted by Crippen LogP contribution is -2.53. The van der Waals surface area contributed by atoms with Crippen LogP contribution in [0, 0.1) is 11.8 Å². The molecule has 1 aromatic carbocycles. The van der Waals surface area contributed by atoms with Gasteiger partial charge in [0.05, 0.1) is 6.10 Å². The summed E-state index contributed by atoms with van der Waals surface area (Å²) in [5, 5.41) is 5.59. The summed E-state index contributed by atoms with van der Waals surface area (Å²) in [5.74, 6) is 0.133. The molecular formula is C21H30N2O4. The number of rotatable bonds is 8. The molecule has 6 nitrogen and oxygen atoms in total. The minimum absolute atomic E-state index is 0.0114. The molecule has 0 aliphatic carbocycles. The lowest BCUT2D eigenvalue weighted by molar-refractivity contribution is -0.127. The van der Waals surface area contributed by atoms with Gasteiger partial charge in [-0.15, -0.1) is 0 Å². The van der Waals surface area contributed by atoms with Gasteiger partial charge in [-0.3, -0.25) is 14.4 Å². The van der Waals surface area contributed by atoms with Crippen molar-refractivity contribution in [3.05, 3.63) is 35.9 Å². The Bertz CT molecular complexity index is 659. The maximum atomic E-state index is 12.8. The molecule has 2 N–H and O–H groups in total. The lowest BCUT2D eigenvalue weighted by Gasteiger charge is -2.24. The fraction of sp³-hybridized carbons (Fsp3) is 0.571. The number of ether oxygens (including phenoxy) is 1. The summed E-state index contributed by atoms with van der Waals surface area (Å²) in [6.07, 6.45) is 0.955. The van der Waals surface area contributed by atoms with Crippen LogP contribution in [0.2, 0.25) is 0 Å². The van der Waals surface area contributed by atoms with Gasteiger partial charge >= 0.3 is 0 Å². The highest BCUT2D eigenvalue weighted by Crippen LogP contribution is 2.18. The standard InChI is InChI=1S/C21H30N2O4/c1-13(2)14(3)10-11-17(22-20(25)16-8-6-5-7-9-16)21(26)23-19-15(4)27-12-18(19)24/h5-9,13-15,17,19H,10-12H2,1-4H3,(H,22,25)(H,23,26)/t14?,15-,17-,19-/m0/s1. The molecule has 6 heteroatoms.